The number of sulfonamides is 1. The molecule has 1 aliphatic rings. The van der Waals surface area contributed by atoms with E-state index in [2.05, 4.69) is 0 Å². The molecular formula is C14H19Cl2NO4S2. The van der Waals surface area contributed by atoms with Crippen LogP contribution in [0.5, 0.6) is 0 Å². The highest BCUT2D eigenvalue weighted by Gasteiger charge is 2.39. The zero-order valence-electron chi connectivity index (χ0n) is 12.9. The summed E-state index contributed by atoms with van der Waals surface area (Å²) in [6, 6.07) is 3.67. The maximum Gasteiger partial charge on any atom is 0.244 e. The number of hydrogen-bond acceptors (Lipinski definition) is 4. The standard InChI is InChI=1S/C14H19Cl2NO4S2/c1-10(2)8-17(12-5-6-22(18,19)9-12)23(20,21)14-7-11(15)3-4-13(14)16/h3-4,7,10,12H,5-6,8-9H2,1-2H3/t12-/m0/s1. The molecule has 0 aliphatic carbocycles. The minimum atomic E-state index is -3.93. The second kappa shape index (κ2) is 6.88. The van der Waals surface area contributed by atoms with Gasteiger partial charge in [-0.15, -0.1) is 0 Å². The summed E-state index contributed by atoms with van der Waals surface area (Å²) in [5, 5.41) is 0.334. The average molecular weight is 400 g/mol. The topological polar surface area (TPSA) is 71.5 Å². The quantitative estimate of drug-likeness (QED) is 0.762. The van der Waals surface area contributed by atoms with Crippen LogP contribution in [-0.2, 0) is 19.9 Å². The van der Waals surface area contributed by atoms with Crippen molar-refractivity contribution in [3.8, 4) is 0 Å². The first-order valence-corrected chi connectivity index (χ1v) is 11.2. The highest BCUT2D eigenvalue weighted by Crippen LogP contribution is 2.31. The van der Waals surface area contributed by atoms with Crippen LogP contribution in [0.3, 0.4) is 0 Å². The van der Waals surface area contributed by atoms with Crippen molar-refractivity contribution in [3.05, 3.63) is 28.2 Å². The molecule has 0 saturated carbocycles. The van der Waals surface area contributed by atoms with Crippen LogP contribution in [0.1, 0.15) is 20.3 Å². The molecular weight excluding hydrogens is 381 g/mol. The molecule has 0 N–H and O–H groups in total. The zero-order chi connectivity index (χ0) is 17.4. The molecule has 1 aliphatic heterocycles. The van der Waals surface area contributed by atoms with E-state index in [1.807, 2.05) is 13.8 Å². The van der Waals surface area contributed by atoms with Crippen LogP contribution < -0.4 is 0 Å². The van der Waals surface area contributed by atoms with Crippen molar-refractivity contribution in [2.75, 3.05) is 18.1 Å². The van der Waals surface area contributed by atoms with Gasteiger partial charge in [0, 0.05) is 17.6 Å². The molecule has 0 unspecified atom stereocenters. The Labute approximate surface area is 147 Å². The van der Waals surface area contributed by atoms with Gasteiger partial charge in [-0.25, -0.2) is 16.8 Å². The number of sulfone groups is 1. The van der Waals surface area contributed by atoms with Crippen LogP contribution in [0.2, 0.25) is 10.0 Å². The lowest BCUT2D eigenvalue weighted by Gasteiger charge is -2.29. The van der Waals surface area contributed by atoms with Gasteiger partial charge < -0.3 is 0 Å². The van der Waals surface area contributed by atoms with Crippen molar-refractivity contribution < 1.29 is 16.8 Å². The highest BCUT2D eigenvalue weighted by molar-refractivity contribution is 7.92. The second-order valence-corrected chi connectivity index (χ2v) is 11.0. The first-order valence-electron chi connectivity index (χ1n) is 7.20. The fourth-order valence-electron chi connectivity index (χ4n) is 2.61. The van der Waals surface area contributed by atoms with Crippen LogP contribution in [-0.4, -0.2) is 45.2 Å². The smallest absolute Gasteiger partial charge is 0.229 e. The molecule has 0 spiro atoms. The maximum absolute atomic E-state index is 13.0. The van der Waals surface area contributed by atoms with E-state index in [-0.39, 0.29) is 38.9 Å². The van der Waals surface area contributed by atoms with Gasteiger partial charge in [0.1, 0.15) is 4.90 Å². The van der Waals surface area contributed by atoms with Crippen LogP contribution in [0.25, 0.3) is 0 Å². The number of halogens is 2. The minimum absolute atomic E-state index is 0.00502. The van der Waals surface area contributed by atoms with E-state index in [4.69, 9.17) is 23.2 Å². The average Bonchev–Trinajstić information content (AvgIpc) is 2.78. The van der Waals surface area contributed by atoms with Gasteiger partial charge in [-0.1, -0.05) is 37.0 Å². The molecule has 1 atom stereocenters. The molecule has 0 aromatic heterocycles. The summed E-state index contributed by atoms with van der Waals surface area (Å²) in [4.78, 5) is -0.0865. The Balaban J connectivity index is 2.47. The molecule has 9 heteroatoms. The van der Waals surface area contributed by atoms with Crippen molar-refractivity contribution in [1.29, 1.82) is 0 Å². The normalized spacial score (nSPS) is 21.2. The SMILES string of the molecule is CC(C)CN([C@H]1CCS(=O)(=O)C1)S(=O)(=O)c1cc(Cl)ccc1Cl. The van der Waals surface area contributed by atoms with E-state index in [1.54, 1.807) is 0 Å². The summed E-state index contributed by atoms with van der Waals surface area (Å²) < 4.78 is 50.8. The Morgan fingerprint density at radius 2 is 1.96 bits per heavy atom. The molecule has 2 rings (SSSR count). The molecule has 23 heavy (non-hydrogen) atoms. The van der Waals surface area contributed by atoms with E-state index >= 15 is 0 Å². The Bertz CT molecular complexity index is 791. The first-order chi connectivity index (χ1) is 10.5. The molecule has 1 fully saturated rings. The second-order valence-electron chi connectivity index (χ2n) is 6.10. The summed E-state index contributed by atoms with van der Waals surface area (Å²) >= 11 is 11.9. The van der Waals surface area contributed by atoms with Crippen molar-refractivity contribution in [3.63, 3.8) is 0 Å². The summed E-state index contributed by atoms with van der Waals surface area (Å²) in [5.74, 6) is -0.103. The van der Waals surface area contributed by atoms with E-state index < -0.39 is 25.9 Å². The Morgan fingerprint density at radius 3 is 2.48 bits per heavy atom. The predicted octanol–water partition coefficient (Wildman–Crippen LogP) is 2.83. The number of hydrogen-bond donors (Lipinski definition) is 0. The minimum Gasteiger partial charge on any atom is -0.229 e. The molecule has 130 valence electrons. The van der Waals surface area contributed by atoms with Gasteiger partial charge >= 0.3 is 0 Å². The van der Waals surface area contributed by atoms with Gasteiger partial charge in [-0.2, -0.15) is 4.31 Å². The zero-order valence-corrected chi connectivity index (χ0v) is 16.0. The van der Waals surface area contributed by atoms with Crippen LogP contribution in [0.15, 0.2) is 23.1 Å². The maximum atomic E-state index is 13.0. The fourth-order valence-corrected chi connectivity index (χ4v) is 6.99. The first kappa shape index (κ1) is 19.0. The number of benzene rings is 1. The molecule has 0 radical (unpaired) electrons. The van der Waals surface area contributed by atoms with Gasteiger partial charge in [0.15, 0.2) is 9.84 Å². The van der Waals surface area contributed by atoms with Gasteiger partial charge in [-0.3, -0.25) is 0 Å². The van der Waals surface area contributed by atoms with Crippen molar-refractivity contribution in [2.24, 2.45) is 5.92 Å². The third-order valence-corrected chi connectivity index (χ3v) is 8.03. The summed E-state index contributed by atoms with van der Waals surface area (Å²) in [7, 11) is -7.13. The third-order valence-electron chi connectivity index (χ3n) is 3.64. The lowest BCUT2D eigenvalue weighted by Crippen LogP contribution is -2.43. The van der Waals surface area contributed by atoms with Crippen molar-refractivity contribution >= 4 is 43.1 Å². The van der Waals surface area contributed by atoms with E-state index in [9.17, 15) is 16.8 Å². The highest BCUT2D eigenvalue weighted by atomic mass is 35.5. The largest absolute Gasteiger partial charge is 0.244 e. The molecule has 1 saturated heterocycles. The Hall–Kier alpha value is -0.340. The third kappa shape index (κ3) is 4.39. The lowest BCUT2D eigenvalue weighted by atomic mass is 10.2. The molecule has 0 amide bonds. The van der Waals surface area contributed by atoms with Gasteiger partial charge in [0.25, 0.3) is 0 Å². The van der Waals surface area contributed by atoms with Crippen LogP contribution in [0.4, 0.5) is 0 Å². The molecule has 5 nitrogen and oxygen atoms in total. The fraction of sp³-hybridized carbons (Fsp3) is 0.571. The molecule has 1 aromatic rings. The molecule has 0 bridgehead atoms. The van der Waals surface area contributed by atoms with Gasteiger partial charge in [0.05, 0.1) is 16.5 Å². The Kier molecular flexibility index (Phi) is 5.68. The monoisotopic (exact) mass is 399 g/mol. The number of rotatable bonds is 5. The van der Waals surface area contributed by atoms with E-state index in [0.717, 1.165) is 0 Å². The van der Waals surface area contributed by atoms with Gasteiger partial charge in [-0.05, 0) is 30.5 Å². The Morgan fingerprint density at radius 1 is 1.30 bits per heavy atom. The van der Waals surface area contributed by atoms with Crippen molar-refractivity contribution in [1.82, 2.24) is 4.31 Å². The molecule has 1 heterocycles. The summed E-state index contributed by atoms with van der Waals surface area (Å²) in [6.45, 7) is 3.99. The van der Waals surface area contributed by atoms with E-state index in [1.165, 1.54) is 22.5 Å². The van der Waals surface area contributed by atoms with E-state index in [0.29, 0.717) is 6.42 Å². The predicted molar refractivity (Wildman–Crippen MR) is 92.3 cm³/mol. The molecule has 1 aromatic carbocycles. The lowest BCUT2D eigenvalue weighted by molar-refractivity contribution is 0.308. The van der Waals surface area contributed by atoms with Crippen molar-refractivity contribution in [2.45, 2.75) is 31.2 Å². The number of nitrogens with zero attached hydrogens (tertiary/aromatic N) is 1. The summed E-state index contributed by atoms with van der Waals surface area (Å²) in [6.07, 6.45) is 0.298. The van der Waals surface area contributed by atoms with Crippen LogP contribution in [0, 0.1) is 5.92 Å². The van der Waals surface area contributed by atoms with Gasteiger partial charge in [0.2, 0.25) is 10.0 Å². The van der Waals surface area contributed by atoms with Crippen LogP contribution >= 0.6 is 23.2 Å². The summed E-state index contributed by atoms with van der Waals surface area (Å²) in [5.41, 5.74) is 0.